The van der Waals surface area contributed by atoms with Crippen molar-refractivity contribution in [2.45, 2.75) is 52.2 Å². The number of hydrogen-bond acceptors (Lipinski definition) is 3. The Balaban J connectivity index is 1.76. The molecule has 0 radical (unpaired) electrons. The number of hydrogen-bond donors (Lipinski definition) is 2. The van der Waals surface area contributed by atoms with Gasteiger partial charge in [0.05, 0.1) is 12.0 Å². The second-order valence-electron chi connectivity index (χ2n) is 6.25. The average Bonchev–Trinajstić information content (AvgIpc) is 3.07. The fraction of sp³-hybridized carbons (Fsp3) is 0.714. The van der Waals surface area contributed by atoms with E-state index in [1.54, 1.807) is 0 Å². The van der Waals surface area contributed by atoms with Crippen molar-refractivity contribution in [3.63, 3.8) is 0 Å². The van der Waals surface area contributed by atoms with E-state index in [4.69, 9.17) is 0 Å². The van der Waals surface area contributed by atoms with E-state index in [1.165, 1.54) is 0 Å². The molecule has 0 bridgehead atoms. The fourth-order valence-corrected chi connectivity index (χ4v) is 1.84. The summed E-state index contributed by atoms with van der Waals surface area (Å²) in [6.07, 6.45) is 5.81. The molecule has 19 heavy (non-hydrogen) atoms. The molecule has 0 saturated heterocycles. The first-order valence-corrected chi connectivity index (χ1v) is 6.97. The number of rotatable bonds is 6. The Hall–Kier alpha value is -1.36. The van der Waals surface area contributed by atoms with Crippen molar-refractivity contribution in [3.8, 4) is 0 Å². The van der Waals surface area contributed by atoms with E-state index >= 15 is 0 Å². The van der Waals surface area contributed by atoms with Crippen LogP contribution in [0.2, 0.25) is 0 Å². The van der Waals surface area contributed by atoms with Crippen LogP contribution in [0, 0.1) is 5.92 Å². The van der Waals surface area contributed by atoms with Gasteiger partial charge in [-0.3, -0.25) is 4.79 Å². The molecule has 0 unspecified atom stereocenters. The van der Waals surface area contributed by atoms with Crippen LogP contribution >= 0.6 is 0 Å². The van der Waals surface area contributed by atoms with Crippen LogP contribution in [0.3, 0.4) is 0 Å². The number of nitrogens with one attached hydrogen (secondary N) is 2. The molecule has 1 aromatic heterocycles. The van der Waals surface area contributed by atoms with Crippen molar-refractivity contribution < 1.29 is 4.79 Å². The van der Waals surface area contributed by atoms with Crippen molar-refractivity contribution in [2.24, 2.45) is 5.92 Å². The maximum atomic E-state index is 11.5. The molecular formula is C14H24N4O. The Morgan fingerprint density at radius 1 is 1.47 bits per heavy atom. The van der Waals surface area contributed by atoms with Crippen LogP contribution in [-0.2, 0) is 17.9 Å². The van der Waals surface area contributed by atoms with Crippen LogP contribution in [0.15, 0.2) is 12.5 Å². The molecule has 2 N–H and O–H groups in total. The topological polar surface area (TPSA) is 59.0 Å². The molecule has 0 spiro atoms. The Morgan fingerprint density at radius 3 is 2.84 bits per heavy atom. The highest BCUT2D eigenvalue weighted by molar-refractivity contribution is 5.80. The molecule has 0 aromatic carbocycles. The second-order valence-corrected chi connectivity index (χ2v) is 6.25. The Morgan fingerprint density at radius 2 is 2.21 bits per heavy atom. The summed E-state index contributed by atoms with van der Waals surface area (Å²) in [6.45, 7) is 8.67. The summed E-state index contributed by atoms with van der Waals surface area (Å²) in [5, 5.41) is 6.42. The van der Waals surface area contributed by atoms with Gasteiger partial charge in [0.2, 0.25) is 5.91 Å². The maximum absolute atomic E-state index is 11.5. The Bertz CT molecular complexity index is 429. The van der Waals surface area contributed by atoms with Gasteiger partial charge in [-0.05, 0) is 33.6 Å². The predicted molar refractivity (Wildman–Crippen MR) is 74.6 cm³/mol. The first-order chi connectivity index (χ1) is 8.96. The third-order valence-corrected chi connectivity index (χ3v) is 3.20. The van der Waals surface area contributed by atoms with E-state index in [2.05, 4.69) is 41.0 Å². The first-order valence-electron chi connectivity index (χ1n) is 6.97. The smallest absolute Gasteiger partial charge is 0.223 e. The highest BCUT2D eigenvalue weighted by Crippen LogP contribution is 2.28. The van der Waals surface area contributed by atoms with Gasteiger partial charge in [-0.1, -0.05) is 0 Å². The minimum absolute atomic E-state index is 0.0925. The number of carbonyl (C=O) groups is 1. The quantitative estimate of drug-likeness (QED) is 0.814. The minimum atomic E-state index is 0.0925. The zero-order valence-corrected chi connectivity index (χ0v) is 12.1. The number of imidazole rings is 1. The largest absolute Gasteiger partial charge is 0.354 e. The molecular weight excluding hydrogens is 240 g/mol. The predicted octanol–water partition coefficient (Wildman–Crippen LogP) is 1.30. The second kappa shape index (κ2) is 5.74. The molecule has 1 aliphatic carbocycles. The third-order valence-electron chi connectivity index (χ3n) is 3.20. The number of carbonyl (C=O) groups excluding carboxylic acids is 1. The van der Waals surface area contributed by atoms with Gasteiger partial charge in [0.15, 0.2) is 0 Å². The lowest BCUT2D eigenvalue weighted by Gasteiger charge is -2.21. The molecule has 1 fully saturated rings. The standard InChI is InChI=1S/C14H24N4O/c1-14(2,3)17-9-12-8-15-10-18(12)7-6-16-13(19)11-4-5-11/h8,10-11,17H,4-7,9H2,1-3H3,(H,16,19). The summed E-state index contributed by atoms with van der Waals surface area (Å²) in [5.74, 6) is 0.485. The molecule has 5 heteroatoms. The average molecular weight is 264 g/mol. The molecule has 1 amide bonds. The zero-order chi connectivity index (χ0) is 13.9. The fourth-order valence-electron chi connectivity index (χ4n) is 1.84. The van der Waals surface area contributed by atoms with Crippen molar-refractivity contribution in [3.05, 3.63) is 18.2 Å². The Kier molecular flexibility index (Phi) is 4.24. The van der Waals surface area contributed by atoms with Gasteiger partial charge in [-0.2, -0.15) is 0 Å². The van der Waals surface area contributed by atoms with Gasteiger partial charge in [-0.25, -0.2) is 4.98 Å². The summed E-state index contributed by atoms with van der Waals surface area (Å²) >= 11 is 0. The van der Waals surface area contributed by atoms with Crippen molar-refractivity contribution in [1.82, 2.24) is 20.2 Å². The summed E-state index contributed by atoms with van der Waals surface area (Å²) < 4.78 is 2.09. The molecule has 5 nitrogen and oxygen atoms in total. The molecule has 1 saturated carbocycles. The molecule has 1 aromatic rings. The summed E-state index contributed by atoms with van der Waals surface area (Å²) in [5.41, 5.74) is 1.24. The lowest BCUT2D eigenvalue weighted by molar-refractivity contribution is -0.122. The SMILES string of the molecule is CC(C)(C)NCc1cncn1CCNC(=O)C1CC1. The monoisotopic (exact) mass is 264 g/mol. The van der Waals surface area contributed by atoms with Crippen molar-refractivity contribution in [1.29, 1.82) is 0 Å². The molecule has 1 heterocycles. The van der Waals surface area contributed by atoms with Gasteiger partial charge in [0, 0.05) is 37.3 Å². The van der Waals surface area contributed by atoms with E-state index < -0.39 is 0 Å². The molecule has 1 aliphatic rings. The highest BCUT2D eigenvalue weighted by atomic mass is 16.2. The van der Waals surface area contributed by atoms with E-state index in [0.717, 1.165) is 31.6 Å². The normalized spacial score (nSPS) is 15.5. The van der Waals surface area contributed by atoms with Crippen LogP contribution in [0.25, 0.3) is 0 Å². The number of amides is 1. The maximum Gasteiger partial charge on any atom is 0.223 e. The first kappa shape index (κ1) is 14.1. The molecule has 2 rings (SSSR count). The van der Waals surface area contributed by atoms with Gasteiger partial charge >= 0.3 is 0 Å². The van der Waals surface area contributed by atoms with Crippen molar-refractivity contribution >= 4 is 5.91 Å². The van der Waals surface area contributed by atoms with E-state index in [9.17, 15) is 4.79 Å². The molecule has 106 valence electrons. The Labute approximate surface area is 114 Å². The van der Waals surface area contributed by atoms with Crippen LogP contribution in [-0.4, -0.2) is 27.5 Å². The van der Waals surface area contributed by atoms with Crippen molar-refractivity contribution in [2.75, 3.05) is 6.54 Å². The number of aromatic nitrogens is 2. The number of nitrogens with zero attached hydrogens (tertiary/aromatic N) is 2. The summed E-state index contributed by atoms with van der Waals surface area (Å²) in [4.78, 5) is 15.7. The van der Waals surface area contributed by atoms with Crippen LogP contribution in [0.4, 0.5) is 0 Å². The zero-order valence-electron chi connectivity index (χ0n) is 12.1. The summed E-state index contributed by atoms with van der Waals surface area (Å²) in [6, 6.07) is 0. The molecule has 0 aliphatic heterocycles. The minimum Gasteiger partial charge on any atom is -0.354 e. The lowest BCUT2D eigenvalue weighted by atomic mass is 10.1. The third kappa shape index (κ3) is 4.67. The lowest BCUT2D eigenvalue weighted by Crippen LogP contribution is -2.36. The van der Waals surface area contributed by atoms with Gasteiger partial charge in [0.1, 0.15) is 0 Å². The van der Waals surface area contributed by atoms with Gasteiger partial charge in [-0.15, -0.1) is 0 Å². The van der Waals surface area contributed by atoms with Crippen LogP contribution in [0.5, 0.6) is 0 Å². The van der Waals surface area contributed by atoms with E-state index in [0.29, 0.717) is 6.54 Å². The van der Waals surface area contributed by atoms with Crippen LogP contribution < -0.4 is 10.6 Å². The summed E-state index contributed by atoms with van der Waals surface area (Å²) in [7, 11) is 0. The van der Waals surface area contributed by atoms with Gasteiger partial charge in [0.25, 0.3) is 0 Å². The van der Waals surface area contributed by atoms with E-state index in [-0.39, 0.29) is 17.4 Å². The highest BCUT2D eigenvalue weighted by Gasteiger charge is 2.29. The van der Waals surface area contributed by atoms with E-state index in [1.807, 2.05) is 12.5 Å². The van der Waals surface area contributed by atoms with Gasteiger partial charge < -0.3 is 15.2 Å². The molecule has 0 atom stereocenters. The van der Waals surface area contributed by atoms with Crippen LogP contribution in [0.1, 0.15) is 39.3 Å².